The number of nitrogens with one attached hydrogen (secondary N) is 2. The van der Waals surface area contributed by atoms with Crippen molar-refractivity contribution >= 4 is 18.3 Å². The second-order valence-electron chi connectivity index (χ2n) is 4.05. The summed E-state index contributed by atoms with van der Waals surface area (Å²) in [5.74, 6) is -0.111. The average Bonchev–Trinajstić information content (AvgIpc) is 2.72. The Hall–Kier alpha value is -1.07. The molecular formula is C11H21ClN4O. The maximum Gasteiger partial charge on any atom is 0.255 e. The third-order valence-electron chi connectivity index (χ3n) is 3.20. The summed E-state index contributed by atoms with van der Waals surface area (Å²) in [4.78, 5) is 12.0. The summed E-state index contributed by atoms with van der Waals surface area (Å²) in [6, 6.07) is 0. The standard InChI is InChI=1S/C11H20N4O.ClH/c1-4-11(5-2,7-12)14-10(16)9-6-13-15-8(9)3;/h6H,4-5,7,12H2,1-3H3,(H,13,15)(H,14,16);1H. The van der Waals surface area contributed by atoms with Crippen LogP contribution in [0.4, 0.5) is 0 Å². The molecule has 0 aromatic carbocycles. The lowest BCUT2D eigenvalue weighted by Crippen LogP contribution is -2.52. The fourth-order valence-corrected chi connectivity index (χ4v) is 1.65. The first-order valence-electron chi connectivity index (χ1n) is 5.61. The van der Waals surface area contributed by atoms with Crippen molar-refractivity contribution in [2.24, 2.45) is 5.73 Å². The Morgan fingerprint density at radius 2 is 2.12 bits per heavy atom. The molecule has 0 bridgehead atoms. The van der Waals surface area contributed by atoms with Gasteiger partial charge in [-0.2, -0.15) is 5.10 Å². The van der Waals surface area contributed by atoms with Gasteiger partial charge in [-0.15, -0.1) is 12.4 Å². The topological polar surface area (TPSA) is 83.8 Å². The molecule has 1 heterocycles. The predicted octanol–water partition coefficient (Wildman–Crippen LogP) is 1.39. The molecule has 0 spiro atoms. The van der Waals surface area contributed by atoms with Gasteiger partial charge < -0.3 is 11.1 Å². The first kappa shape index (κ1) is 15.9. The minimum Gasteiger partial charge on any atom is -0.345 e. The largest absolute Gasteiger partial charge is 0.345 e. The zero-order valence-corrected chi connectivity index (χ0v) is 11.4. The summed E-state index contributed by atoms with van der Waals surface area (Å²) in [6.07, 6.45) is 3.18. The number of rotatable bonds is 5. The van der Waals surface area contributed by atoms with Crippen molar-refractivity contribution in [1.82, 2.24) is 15.5 Å². The van der Waals surface area contributed by atoms with E-state index in [9.17, 15) is 4.79 Å². The number of amides is 1. The molecule has 0 aliphatic rings. The van der Waals surface area contributed by atoms with Crippen molar-refractivity contribution < 1.29 is 4.79 Å². The molecule has 4 N–H and O–H groups in total. The third kappa shape index (κ3) is 3.44. The minimum absolute atomic E-state index is 0. The Labute approximate surface area is 108 Å². The quantitative estimate of drug-likeness (QED) is 0.748. The summed E-state index contributed by atoms with van der Waals surface area (Å²) < 4.78 is 0. The van der Waals surface area contributed by atoms with E-state index in [1.807, 2.05) is 20.8 Å². The number of nitrogens with zero attached hydrogens (tertiary/aromatic N) is 1. The first-order chi connectivity index (χ1) is 7.58. The highest BCUT2D eigenvalue weighted by Crippen LogP contribution is 2.15. The van der Waals surface area contributed by atoms with Gasteiger partial charge in [-0.05, 0) is 19.8 Å². The van der Waals surface area contributed by atoms with Crippen molar-refractivity contribution in [3.8, 4) is 0 Å². The van der Waals surface area contributed by atoms with Crippen LogP contribution in [0.25, 0.3) is 0 Å². The van der Waals surface area contributed by atoms with Gasteiger partial charge in [0, 0.05) is 12.2 Å². The Bertz CT molecular complexity index is 352. The number of hydrogen-bond acceptors (Lipinski definition) is 3. The Balaban J connectivity index is 0.00000256. The van der Waals surface area contributed by atoms with Crippen LogP contribution in [0.1, 0.15) is 42.7 Å². The van der Waals surface area contributed by atoms with Crippen LogP contribution >= 0.6 is 12.4 Å². The van der Waals surface area contributed by atoms with E-state index in [1.54, 1.807) is 0 Å². The zero-order chi connectivity index (χ0) is 12.2. The van der Waals surface area contributed by atoms with Crippen LogP contribution in [-0.2, 0) is 0 Å². The molecule has 0 saturated carbocycles. The Kier molecular flexibility index (Phi) is 6.20. The molecule has 0 radical (unpaired) electrons. The van der Waals surface area contributed by atoms with Gasteiger partial charge in [0.1, 0.15) is 0 Å². The molecule has 0 atom stereocenters. The van der Waals surface area contributed by atoms with Crippen molar-refractivity contribution in [1.29, 1.82) is 0 Å². The molecule has 98 valence electrons. The van der Waals surface area contributed by atoms with Crippen LogP contribution < -0.4 is 11.1 Å². The predicted molar refractivity (Wildman–Crippen MR) is 70.4 cm³/mol. The van der Waals surface area contributed by atoms with Crippen LogP contribution in [-0.4, -0.2) is 28.2 Å². The smallest absolute Gasteiger partial charge is 0.255 e. The molecule has 0 aliphatic carbocycles. The van der Waals surface area contributed by atoms with Gasteiger partial charge in [0.25, 0.3) is 5.91 Å². The molecular weight excluding hydrogens is 240 g/mol. The van der Waals surface area contributed by atoms with E-state index in [2.05, 4.69) is 15.5 Å². The SMILES string of the molecule is CCC(CC)(CN)NC(=O)c1cn[nH]c1C.Cl. The summed E-state index contributed by atoms with van der Waals surface area (Å²) in [7, 11) is 0. The van der Waals surface area contributed by atoms with Gasteiger partial charge in [0.15, 0.2) is 0 Å². The lowest BCUT2D eigenvalue weighted by molar-refractivity contribution is 0.0894. The summed E-state index contributed by atoms with van der Waals surface area (Å²) in [5, 5.41) is 9.58. The number of aryl methyl sites for hydroxylation is 1. The van der Waals surface area contributed by atoms with E-state index in [0.717, 1.165) is 18.5 Å². The van der Waals surface area contributed by atoms with Gasteiger partial charge >= 0.3 is 0 Å². The minimum atomic E-state index is -0.305. The van der Waals surface area contributed by atoms with Gasteiger partial charge in [-0.25, -0.2) is 0 Å². The monoisotopic (exact) mass is 260 g/mol. The molecule has 0 fully saturated rings. The Morgan fingerprint density at radius 1 is 1.53 bits per heavy atom. The number of aromatic nitrogens is 2. The second kappa shape index (κ2) is 6.61. The van der Waals surface area contributed by atoms with Crippen LogP contribution in [0.2, 0.25) is 0 Å². The molecule has 1 aromatic rings. The highest BCUT2D eigenvalue weighted by atomic mass is 35.5. The van der Waals surface area contributed by atoms with Gasteiger partial charge in [0.05, 0.1) is 17.3 Å². The summed E-state index contributed by atoms with van der Waals surface area (Å²) in [6.45, 7) is 6.32. The number of halogens is 1. The number of aromatic amines is 1. The van der Waals surface area contributed by atoms with Gasteiger partial charge in [-0.3, -0.25) is 9.89 Å². The third-order valence-corrected chi connectivity index (χ3v) is 3.20. The average molecular weight is 261 g/mol. The van der Waals surface area contributed by atoms with E-state index >= 15 is 0 Å². The second-order valence-corrected chi connectivity index (χ2v) is 4.05. The fourth-order valence-electron chi connectivity index (χ4n) is 1.65. The lowest BCUT2D eigenvalue weighted by Gasteiger charge is -2.31. The molecule has 0 aliphatic heterocycles. The number of hydrogen-bond donors (Lipinski definition) is 3. The van der Waals surface area contributed by atoms with Crippen LogP contribution in [0.3, 0.4) is 0 Å². The molecule has 0 saturated heterocycles. The molecule has 6 heteroatoms. The normalized spacial score (nSPS) is 10.8. The summed E-state index contributed by atoms with van der Waals surface area (Å²) >= 11 is 0. The van der Waals surface area contributed by atoms with E-state index in [0.29, 0.717) is 12.1 Å². The van der Waals surface area contributed by atoms with Crippen molar-refractivity contribution in [2.75, 3.05) is 6.54 Å². The van der Waals surface area contributed by atoms with E-state index in [1.165, 1.54) is 6.20 Å². The zero-order valence-electron chi connectivity index (χ0n) is 10.5. The highest BCUT2D eigenvalue weighted by Gasteiger charge is 2.27. The number of carbonyl (C=O) groups excluding carboxylic acids is 1. The molecule has 1 rings (SSSR count). The van der Waals surface area contributed by atoms with Gasteiger partial charge in [-0.1, -0.05) is 13.8 Å². The summed E-state index contributed by atoms with van der Waals surface area (Å²) in [5.41, 5.74) is 6.78. The van der Waals surface area contributed by atoms with E-state index < -0.39 is 0 Å². The lowest BCUT2D eigenvalue weighted by atomic mass is 9.92. The molecule has 5 nitrogen and oxygen atoms in total. The number of carbonyl (C=O) groups is 1. The fraction of sp³-hybridized carbons (Fsp3) is 0.636. The van der Waals surface area contributed by atoms with Crippen LogP contribution in [0.5, 0.6) is 0 Å². The van der Waals surface area contributed by atoms with E-state index in [-0.39, 0.29) is 23.9 Å². The molecule has 17 heavy (non-hydrogen) atoms. The molecule has 1 amide bonds. The molecule has 0 unspecified atom stereocenters. The van der Waals surface area contributed by atoms with E-state index in [4.69, 9.17) is 5.73 Å². The van der Waals surface area contributed by atoms with Crippen LogP contribution in [0, 0.1) is 6.92 Å². The Morgan fingerprint density at radius 3 is 2.47 bits per heavy atom. The maximum atomic E-state index is 12.0. The first-order valence-corrected chi connectivity index (χ1v) is 5.61. The van der Waals surface area contributed by atoms with Gasteiger partial charge in [0.2, 0.25) is 0 Å². The van der Waals surface area contributed by atoms with Crippen molar-refractivity contribution in [2.45, 2.75) is 39.2 Å². The number of H-pyrrole nitrogens is 1. The van der Waals surface area contributed by atoms with Crippen molar-refractivity contribution in [3.63, 3.8) is 0 Å². The van der Waals surface area contributed by atoms with Crippen LogP contribution in [0.15, 0.2) is 6.20 Å². The highest BCUT2D eigenvalue weighted by molar-refractivity contribution is 5.95. The van der Waals surface area contributed by atoms with Crippen molar-refractivity contribution in [3.05, 3.63) is 17.5 Å². The number of nitrogens with two attached hydrogens (primary N) is 1. The maximum absolute atomic E-state index is 12.0. The molecule has 1 aromatic heterocycles.